The normalized spacial score (nSPS) is 26.8. The van der Waals surface area contributed by atoms with Crippen molar-refractivity contribution in [2.75, 3.05) is 18.4 Å². The summed E-state index contributed by atoms with van der Waals surface area (Å²) in [6.45, 7) is 3.37. The first-order chi connectivity index (χ1) is 9.11. The van der Waals surface area contributed by atoms with Crippen LogP contribution < -0.4 is 5.32 Å². The Morgan fingerprint density at radius 1 is 1.47 bits per heavy atom. The smallest absolute Gasteiger partial charge is 0.243 e. The molecule has 104 valence electrons. The van der Waals surface area contributed by atoms with E-state index in [0.717, 1.165) is 19.4 Å². The Bertz CT molecular complexity index is 573. The topological polar surface area (TPSA) is 62.3 Å². The van der Waals surface area contributed by atoms with Crippen molar-refractivity contribution < 1.29 is 8.42 Å². The maximum Gasteiger partial charge on any atom is 0.243 e. The molecule has 2 heterocycles. The van der Waals surface area contributed by atoms with Crippen molar-refractivity contribution in [3.8, 4) is 0 Å². The minimum atomic E-state index is -3.36. The average Bonchev–Trinajstić information content (AvgIpc) is 3.02. The maximum absolute atomic E-state index is 12.7. The van der Waals surface area contributed by atoms with Crippen molar-refractivity contribution in [3.05, 3.63) is 18.3 Å². The molecule has 1 aliphatic carbocycles. The van der Waals surface area contributed by atoms with Gasteiger partial charge in [-0.15, -0.1) is 0 Å². The van der Waals surface area contributed by atoms with Crippen molar-refractivity contribution in [1.29, 1.82) is 0 Å². The molecule has 1 aromatic heterocycles. The fourth-order valence-electron chi connectivity index (χ4n) is 3.16. The zero-order valence-corrected chi connectivity index (χ0v) is 11.9. The SMILES string of the molecule is CCNc1cc(S(=O)(=O)N2CC3CCC2C3)ccn1. The van der Waals surface area contributed by atoms with Gasteiger partial charge in [-0.1, -0.05) is 0 Å². The number of sulfonamides is 1. The molecule has 0 aromatic carbocycles. The van der Waals surface area contributed by atoms with Crippen LogP contribution in [0.1, 0.15) is 26.2 Å². The van der Waals surface area contributed by atoms with Crippen LogP contribution in [-0.2, 0) is 10.0 Å². The van der Waals surface area contributed by atoms with Gasteiger partial charge in [-0.25, -0.2) is 13.4 Å². The van der Waals surface area contributed by atoms with Gasteiger partial charge in [-0.2, -0.15) is 4.31 Å². The van der Waals surface area contributed by atoms with E-state index in [0.29, 0.717) is 23.2 Å². The van der Waals surface area contributed by atoms with Gasteiger partial charge in [-0.3, -0.25) is 0 Å². The molecule has 3 rings (SSSR count). The molecule has 19 heavy (non-hydrogen) atoms. The van der Waals surface area contributed by atoms with Crippen LogP contribution in [0.3, 0.4) is 0 Å². The van der Waals surface area contributed by atoms with E-state index in [2.05, 4.69) is 10.3 Å². The summed E-state index contributed by atoms with van der Waals surface area (Å²) in [4.78, 5) is 4.48. The summed E-state index contributed by atoms with van der Waals surface area (Å²) in [6, 6.07) is 3.43. The van der Waals surface area contributed by atoms with Crippen LogP contribution in [0.25, 0.3) is 0 Å². The third-order valence-electron chi connectivity index (χ3n) is 4.05. The second-order valence-corrected chi connectivity index (χ2v) is 7.21. The number of anilines is 1. The van der Waals surface area contributed by atoms with Crippen molar-refractivity contribution in [2.45, 2.75) is 37.1 Å². The molecule has 0 amide bonds. The fraction of sp³-hybridized carbons (Fsp3) is 0.615. The Hall–Kier alpha value is -1.14. The molecular weight excluding hydrogens is 262 g/mol. The summed E-state index contributed by atoms with van der Waals surface area (Å²) < 4.78 is 27.0. The van der Waals surface area contributed by atoms with Gasteiger partial charge in [0.15, 0.2) is 0 Å². The first-order valence-electron chi connectivity index (χ1n) is 6.83. The largest absolute Gasteiger partial charge is 0.370 e. The van der Waals surface area contributed by atoms with Gasteiger partial charge in [0.25, 0.3) is 0 Å². The number of rotatable bonds is 4. The molecule has 1 aliphatic heterocycles. The van der Waals surface area contributed by atoms with Crippen LogP contribution in [-0.4, -0.2) is 36.8 Å². The van der Waals surface area contributed by atoms with Gasteiger partial charge >= 0.3 is 0 Å². The highest BCUT2D eigenvalue weighted by Crippen LogP contribution is 2.40. The Morgan fingerprint density at radius 2 is 2.32 bits per heavy atom. The van der Waals surface area contributed by atoms with Gasteiger partial charge < -0.3 is 5.32 Å². The van der Waals surface area contributed by atoms with Crippen molar-refractivity contribution in [2.24, 2.45) is 5.92 Å². The Balaban J connectivity index is 1.90. The molecule has 0 radical (unpaired) electrons. The fourth-order valence-corrected chi connectivity index (χ4v) is 4.91. The lowest BCUT2D eigenvalue weighted by atomic mass is 10.1. The second kappa shape index (κ2) is 4.76. The highest BCUT2D eigenvalue weighted by atomic mass is 32.2. The minimum Gasteiger partial charge on any atom is -0.370 e. The number of fused-ring (bicyclic) bond motifs is 2. The zero-order valence-electron chi connectivity index (χ0n) is 11.0. The summed E-state index contributed by atoms with van der Waals surface area (Å²) in [5.41, 5.74) is 0. The molecule has 2 unspecified atom stereocenters. The van der Waals surface area contributed by atoms with E-state index in [9.17, 15) is 8.42 Å². The van der Waals surface area contributed by atoms with E-state index < -0.39 is 10.0 Å². The Labute approximate surface area is 114 Å². The van der Waals surface area contributed by atoms with Crippen LogP contribution in [0.4, 0.5) is 5.82 Å². The van der Waals surface area contributed by atoms with E-state index in [1.165, 1.54) is 6.42 Å². The number of pyridine rings is 1. The van der Waals surface area contributed by atoms with E-state index in [-0.39, 0.29) is 6.04 Å². The Morgan fingerprint density at radius 3 is 2.95 bits per heavy atom. The van der Waals surface area contributed by atoms with Gasteiger partial charge in [0.05, 0.1) is 4.90 Å². The summed E-state index contributed by atoms with van der Waals surface area (Å²) in [7, 11) is -3.36. The van der Waals surface area contributed by atoms with Crippen LogP contribution in [0.2, 0.25) is 0 Å². The Kier molecular flexibility index (Phi) is 3.22. The molecule has 6 heteroatoms. The molecule has 2 aliphatic rings. The molecule has 1 saturated carbocycles. The van der Waals surface area contributed by atoms with Crippen molar-refractivity contribution in [3.63, 3.8) is 0 Å². The number of nitrogens with zero attached hydrogens (tertiary/aromatic N) is 2. The van der Waals surface area contributed by atoms with E-state index in [1.54, 1.807) is 22.6 Å². The van der Waals surface area contributed by atoms with Crippen LogP contribution >= 0.6 is 0 Å². The molecule has 0 spiro atoms. The predicted molar refractivity (Wildman–Crippen MR) is 73.4 cm³/mol. The van der Waals surface area contributed by atoms with E-state index in [1.807, 2.05) is 6.92 Å². The number of aromatic nitrogens is 1. The lowest BCUT2D eigenvalue weighted by molar-refractivity contribution is 0.333. The highest BCUT2D eigenvalue weighted by molar-refractivity contribution is 7.89. The summed E-state index contributed by atoms with van der Waals surface area (Å²) in [5.74, 6) is 1.18. The third-order valence-corrected chi connectivity index (χ3v) is 5.97. The zero-order chi connectivity index (χ0) is 13.5. The molecule has 2 bridgehead atoms. The van der Waals surface area contributed by atoms with Crippen molar-refractivity contribution >= 4 is 15.8 Å². The highest BCUT2D eigenvalue weighted by Gasteiger charge is 2.44. The van der Waals surface area contributed by atoms with Crippen molar-refractivity contribution in [1.82, 2.24) is 9.29 Å². The molecular formula is C13H19N3O2S. The molecule has 5 nitrogen and oxygen atoms in total. The summed E-state index contributed by atoms with van der Waals surface area (Å²) in [6.07, 6.45) is 4.77. The lowest BCUT2D eigenvalue weighted by Gasteiger charge is -2.26. The van der Waals surface area contributed by atoms with Crippen LogP contribution in [0.5, 0.6) is 0 Å². The van der Waals surface area contributed by atoms with Crippen LogP contribution in [0, 0.1) is 5.92 Å². The first-order valence-corrected chi connectivity index (χ1v) is 8.27. The predicted octanol–water partition coefficient (Wildman–Crippen LogP) is 1.69. The monoisotopic (exact) mass is 281 g/mol. The standard InChI is InChI=1S/C13H19N3O2S/c1-2-14-13-8-12(5-6-15-13)19(17,18)16-9-10-3-4-11(16)7-10/h5-6,8,10-11H,2-4,7,9H2,1H3,(H,14,15). The van der Waals surface area contributed by atoms with Gasteiger partial charge in [-0.05, 0) is 38.2 Å². The quantitative estimate of drug-likeness (QED) is 0.912. The van der Waals surface area contributed by atoms with E-state index in [4.69, 9.17) is 0 Å². The average molecular weight is 281 g/mol. The molecule has 1 aromatic rings. The number of piperidine rings is 1. The lowest BCUT2D eigenvalue weighted by Crippen LogP contribution is -2.37. The first kappa shape index (κ1) is 12.9. The summed E-state index contributed by atoms with van der Waals surface area (Å²) in [5, 5.41) is 3.05. The second-order valence-electron chi connectivity index (χ2n) is 5.31. The molecule has 1 N–H and O–H groups in total. The number of hydrogen-bond acceptors (Lipinski definition) is 4. The van der Waals surface area contributed by atoms with Gasteiger partial charge in [0.2, 0.25) is 10.0 Å². The maximum atomic E-state index is 12.7. The molecule has 2 fully saturated rings. The summed E-state index contributed by atoms with van der Waals surface area (Å²) >= 11 is 0. The van der Waals surface area contributed by atoms with E-state index >= 15 is 0 Å². The van der Waals surface area contributed by atoms with Crippen LogP contribution in [0.15, 0.2) is 23.2 Å². The molecule has 2 atom stereocenters. The molecule has 1 saturated heterocycles. The third kappa shape index (κ3) is 2.23. The van der Waals surface area contributed by atoms with Gasteiger partial charge in [0, 0.05) is 31.4 Å². The van der Waals surface area contributed by atoms with Gasteiger partial charge in [0.1, 0.15) is 5.82 Å². The minimum absolute atomic E-state index is 0.214. The number of nitrogens with one attached hydrogen (secondary N) is 1. The number of hydrogen-bond donors (Lipinski definition) is 1.